The van der Waals surface area contributed by atoms with Crippen molar-refractivity contribution in [3.63, 3.8) is 0 Å². The molecule has 2 aromatic rings. The van der Waals surface area contributed by atoms with E-state index >= 15 is 0 Å². The smallest absolute Gasteiger partial charge is 0.257 e. The maximum Gasteiger partial charge on any atom is 0.257 e. The van der Waals surface area contributed by atoms with Crippen LogP contribution >= 0.6 is 0 Å². The average Bonchev–Trinajstić information content (AvgIpc) is 2.69. The quantitative estimate of drug-likeness (QED) is 0.796. The Balaban J connectivity index is 1.52. The number of carbonyl (C=O) groups is 1. The highest BCUT2D eigenvalue weighted by atomic mass is 19.1. The van der Waals surface area contributed by atoms with Gasteiger partial charge < -0.3 is 20.1 Å². The molecule has 2 N–H and O–H groups in total. The number of aliphatic hydroxyl groups is 1. The van der Waals surface area contributed by atoms with Gasteiger partial charge in [0, 0.05) is 31.7 Å². The summed E-state index contributed by atoms with van der Waals surface area (Å²) in [7, 11) is 1.58. The summed E-state index contributed by atoms with van der Waals surface area (Å²) in [6, 6.07) is 10.8. The Morgan fingerprint density at radius 2 is 1.79 bits per heavy atom. The fourth-order valence-corrected chi connectivity index (χ4v) is 3.58. The second-order valence-electron chi connectivity index (χ2n) is 6.93. The molecule has 1 fully saturated rings. The molecule has 0 radical (unpaired) electrons. The normalized spacial score (nSPS) is 16.6. The third-order valence-corrected chi connectivity index (χ3v) is 5.19. The molecule has 0 unspecified atom stereocenters. The number of piperidine rings is 1. The molecule has 1 saturated heterocycles. The number of benzene rings is 2. The van der Waals surface area contributed by atoms with E-state index < -0.39 is 28.7 Å². The lowest BCUT2D eigenvalue weighted by molar-refractivity contribution is -0.0270. The maximum atomic E-state index is 13.6. The van der Waals surface area contributed by atoms with Gasteiger partial charge in [0.25, 0.3) is 5.91 Å². The van der Waals surface area contributed by atoms with Gasteiger partial charge >= 0.3 is 0 Å². The zero-order valence-electron chi connectivity index (χ0n) is 15.8. The highest BCUT2D eigenvalue weighted by Crippen LogP contribution is 2.37. The summed E-state index contributed by atoms with van der Waals surface area (Å²) >= 11 is 0. The monoisotopic (exact) mass is 390 g/mol. The minimum Gasteiger partial charge on any atom is -0.496 e. The van der Waals surface area contributed by atoms with Crippen molar-refractivity contribution in [2.45, 2.75) is 18.4 Å². The lowest BCUT2D eigenvalue weighted by atomic mass is 9.84. The van der Waals surface area contributed by atoms with Crippen LogP contribution in [0.2, 0.25) is 0 Å². The van der Waals surface area contributed by atoms with Gasteiger partial charge in [-0.15, -0.1) is 0 Å². The van der Waals surface area contributed by atoms with Crippen LogP contribution in [-0.2, 0) is 5.60 Å². The first-order chi connectivity index (χ1) is 13.4. The molecular weight excluding hydrogens is 366 g/mol. The lowest BCUT2D eigenvalue weighted by Gasteiger charge is -2.39. The van der Waals surface area contributed by atoms with Crippen LogP contribution < -0.4 is 10.1 Å². The van der Waals surface area contributed by atoms with Gasteiger partial charge in [0.15, 0.2) is 0 Å². The van der Waals surface area contributed by atoms with Crippen LogP contribution in [0, 0.1) is 11.6 Å². The molecule has 0 aliphatic carbocycles. The van der Waals surface area contributed by atoms with E-state index in [-0.39, 0.29) is 6.54 Å². The third-order valence-electron chi connectivity index (χ3n) is 5.19. The van der Waals surface area contributed by atoms with Crippen LogP contribution in [0.25, 0.3) is 0 Å². The van der Waals surface area contributed by atoms with Gasteiger partial charge in [-0.2, -0.15) is 0 Å². The Hall–Kier alpha value is -2.51. The molecule has 0 bridgehead atoms. The predicted molar refractivity (Wildman–Crippen MR) is 101 cm³/mol. The van der Waals surface area contributed by atoms with Gasteiger partial charge in [0.05, 0.1) is 12.7 Å². The van der Waals surface area contributed by atoms with E-state index in [9.17, 15) is 18.7 Å². The fraction of sp³-hybridized carbons (Fsp3) is 0.381. The zero-order valence-corrected chi connectivity index (χ0v) is 15.8. The fourth-order valence-electron chi connectivity index (χ4n) is 3.58. The van der Waals surface area contributed by atoms with Gasteiger partial charge in [0.1, 0.15) is 22.9 Å². The number of nitrogens with one attached hydrogen (secondary N) is 1. The molecule has 1 aliphatic rings. The molecule has 2 aromatic carbocycles. The van der Waals surface area contributed by atoms with E-state index in [1.165, 1.54) is 6.07 Å². The number of likely N-dealkylation sites (tertiary alicyclic amines) is 1. The number of para-hydroxylation sites is 1. The number of hydrogen-bond donors (Lipinski definition) is 2. The van der Waals surface area contributed by atoms with Crippen molar-refractivity contribution in [3.8, 4) is 5.75 Å². The van der Waals surface area contributed by atoms with Crippen molar-refractivity contribution < 1.29 is 23.4 Å². The van der Waals surface area contributed by atoms with Crippen molar-refractivity contribution in [3.05, 3.63) is 65.2 Å². The van der Waals surface area contributed by atoms with E-state index in [1.807, 2.05) is 24.3 Å². The van der Waals surface area contributed by atoms with Crippen molar-refractivity contribution >= 4 is 5.91 Å². The Morgan fingerprint density at radius 1 is 1.14 bits per heavy atom. The maximum absolute atomic E-state index is 13.6. The molecule has 1 heterocycles. The molecular formula is C21H24F2N2O3. The molecule has 7 heteroatoms. The number of hydrogen-bond acceptors (Lipinski definition) is 4. The van der Waals surface area contributed by atoms with Crippen LogP contribution in [0.5, 0.6) is 5.75 Å². The van der Waals surface area contributed by atoms with Gasteiger partial charge in [-0.3, -0.25) is 4.79 Å². The lowest BCUT2D eigenvalue weighted by Crippen LogP contribution is -2.45. The van der Waals surface area contributed by atoms with Gasteiger partial charge in [-0.25, -0.2) is 8.78 Å². The standard InChI is InChI=1S/C21H24F2N2O3/c1-28-18-8-3-2-5-15(18)21(27)9-12-25(13-10-21)14-11-24-20(26)19-16(22)6-4-7-17(19)23/h2-8,27H,9-14H2,1H3,(H,24,26). The zero-order chi connectivity index (χ0) is 20.1. The first kappa shape index (κ1) is 20.2. The van der Waals surface area contributed by atoms with Crippen LogP contribution in [0.15, 0.2) is 42.5 Å². The Bertz CT molecular complexity index is 816. The van der Waals surface area contributed by atoms with Gasteiger partial charge in [0.2, 0.25) is 0 Å². The van der Waals surface area contributed by atoms with Crippen LogP contribution in [0.1, 0.15) is 28.8 Å². The predicted octanol–water partition coefficient (Wildman–Crippen LogP) is 2.69. The summed E-state index contributed by atoms with van der Waals surface area (Å²) in [5.41, 5.74) is -0.741. The highest BCUT2D eigenvalue weighted by Gasteiger charge is 2.35. The number of halogens is 2. The van der Waals surface area contributed by atoms with E-state index in [2.05, 4.69) is 10.2 Å². The number of rotatable bonds is 6. The van der Waals surface area contributed by atoms with E-state index in [1.54, 1.807) is 7.11 Å². The SMILES string of the molecule is COc1ccccc1C1(O)CCN(CCNC(=O)c2c(F)cccc2F)CC1. The molecule has 28 heavy (non-hydrogen) atoms. The highest BCUT2D eigenvalue weighted by molar-refractivity contribution is 5.94. The Kier molecular flexibility index (Phi) is 6.26. The van der Waals surface area contributed by atoms with Crippen LogP contribution in [0.4, 0.5) is 8.78 Å². The Labute approximate surface area is 162 Å². The minimum atomic E-state index is -0.956. The van der Waals surface area contributed by atoms with Crippen molar-refractivity contribution in [1.29, 1.82) is 0 Å². The molecule has 150 valence electrons. The first-order valence-corrected chi connectivity index (χ1v) is 9.25. The average molecular weight is 390 g/mol. The second kappa shape index (κ2) is 8.67. The summed E-state index contributed by atoms with van der Waals surface area (Å²) < 4.78 is 32.6. The van der Waals surface area contributed by atoms with Crippen LogP contribution in [-0.4, -0.2) is 49.2 Å². The van der Waals surface area contributed by atoms with Crippen LogP contribution in [0.3, 0.4) is 0 Å². The van der Waals surface area contributed by atoms with Crippen molar-refractivity contribution in [2.75, 3.05) is 33.3 Å². The van der Waals surface area contributed by atoms with E-state index in [0.717, 1.165) is 17.7 Å². The Morgan fingerprint density at radius 3 is 2.43 bits per heavy atom. The molecule has 0 spiro atoms. The van der Waals surface area contributed by atoms with Gasteiger partial charge in [-0.05, 0) is 31.0 Å². The number of carbonyl (C=O) groups excluding carboxylic acids is 1. The second-order valence-corrected chi connectivity index (χ2v) is 6.93. The number of nitrogens with zero attached hydrogens (tertiary/aromatic N) is 1. The molecule has 5 nitrogen and oxygen atoms in total. The molecule has 1 amide bonds. The summed E-state index contributed by atoms with van der Waals surface area (Å²) in [4.78, 5) is 14.1. The number of ether oxygens (including phenoxy) is 1. The van der Waals surface area contributed by atoms with Crippen molar-refractivity contribution in [1.82, 2.24) is 10.2 Å². The largest absolute Gasteiger partial charge is 0.496 e. The topological polar surface area (TPSA) is 61.8 Å². The molecule has 0 saturated carbocycles. The molecule has 0 aromatic heterocycles. The summed E-state index contributed by atoms with van der Waals surface area (Å²) in [5, 5.41) is 13.6. The first-order valence-electron chi connectivity index (χ1n) is 9.25. The molecule has 3 rings (SSSR count). The van der Waals surface area contributed by atoms with Crippen molar-refractivity contribution in [2.24, 2.45) is 0 Å². The third kappa shape index (κ3) is 4.31. The summed E-state index contributed by atoms with van der Waals surface area (Å²) in [6.07, 6.45) is 1.06. The molecule has 1 aliphatic heterocycles. The minimum absolute atomic E-state index is 0.264. The van der Waals surface area contributed by atoms with E-state index in [4.69, 9.17) is 4.74 Å². The summed E-state index contributed by atoms with van der Waals surface area (Å²) in [5.74, 6) is -1.86. The number of amides is 1. The molecule has 0 atom stereocenters. The summed E-state index contributed by atoms with van der Waals surface area (Å²) in [6.45, 7) is 2.07. The van der Waals surface area contributed by atoms with E-state index in [0.29, 0.717) is 38.2 Å². The van der Waals surface area contributed by atoms with Gasteiger partial charge in [-0.1, -0.05) is 24.3 Å². The number of methoxy groups -OCH3 is 1.